The number of rotatable bonds is 6. The van der Waals surface area contributed by atoms with Gasteiger partial charge in [-0.05, 0) is 55.5 Å². The minimum Gasteiger partial charge on any atom is -0.370 e. The molecule has 92 valence electrons. The van der Waals surface area contributed by atoms with Crippen LogP contribution in [0.3, 0.4) is 0 Å². The molecule has 1 aromatic rings. The Morgan fingerprint density at radius 1 is 1.47 bits per heavy atom. The Labute approximate surface area is 106 Å². The Bertz CT molecular complexity index is 381. The summed E-state index contributed by atoms with van der Waals surface area (Å²) in [6.07, 6.45) is 3.82. The molecule has 1 aromatic carbocycles. The number of aryl methyl sites for hydroxylation is 1. The average molecular weight is 252 g/mol. The molecule has 0 aliphatic carbocycles. The van der Waals surface area contributed by atoms with Gasteiger partial charge in [0.15, 0.2) is 0 Å². The maximum absolute atomic E-state index is 13.2. The minimum atomic E-state index is -0.270. The molecular formula is C13H17FN2S. The van der Waals surface area contributed by atoms with Gasteiger partial charge in [-0.2, -0.15) is 17.0 Å². The lowest BCUT2D eigenvalue weighted by Crippen LogP contribution is -2.17. The summed E-state index contributed by atoms with van der Waals surface area (Å²) in [5, 5.41) is 12.1. The van der Waals surface area contributed by atoms with Crippen LogP contribution in [0.25, 0.3) is 0 Å². The topological polar surface area (TPSA) is 35.8 Å². The van der Waals surface area contributed by atoms with E-state index in [0.29, 0.717) is 5.69 Å². The van der Waals surface area contributed by atoms with Crippen molar-refractivity contribution < 1.29 is 4.39 Å². The van der Waals surface area contributed by atoms with E-state index in [4.69, 9.17) is 5.26 Å². The van der Waals surface area contributed by atoms with Gasteiger partial charge in [-0.1, -0.05) is 0 Å². The molecule has 0 aliphatic rings. The standard InChI is InChI=1S/C13H17FN2S/c1-10-6-11(14)8-13(7-10)16-12(9-15)4-3-5-17-2/h6-8,12,16H,3-5H2,1-2H3. The van der Waals surface area contributed by atoms with Gasteiger partial charge in [-0.25, -0.2) is 4.39 Å². The highest BCUT2D eigenvalue weighted by Crippen LogP contribution is 2.15. The van der Waals surface area contributed by atoms with Gasteiger partial charge in [0.05, 0.1) is 6.07 Å². The molecule has 0 saturated heterocycles. The summed E-state index contributed by atoms with van der Waals surface area (Å²) in [5.74, 6) is 0.774. The predicted octanol–water partition coefficient (Wildman–Crippen LogP) is 3.58. The first-order chi connectivity index (χ1) is 8.15. The highest BCUT2D eigenvalue weighted by atomic mass is 32.2. The van der Waals surface area contributed by atoms with Crippen LogP contribution in [0.5, 0.6) is 0 Å². The van der Waals surface area contributed by atoms with Gasteiger partial charge < -0.3 is 5.32 Å². The summed E-state index contributed by atoms with van der Waals surface area (Å²) in [5.41, 5.74) is 1.53. The van der Waals surface area contributed by atoms with Gasteiger partial charge in [0.25, 0.3) is 0 Å². The molecule has 0 fully saturated rings. The fourth-order valence-electron chi connectivity index (χ4n) is 1.62. The largest absolute Gasteiger partial charge is 0.370 e. The highest BCUT2D eigenvalue weighted by Gasteiger charge is 2.07. The van der Waals surface area contributed by atoms with E-state index in [1.54, 1.807) is 11.8 Å². The summed E-state index contributed by atoms with van der Waals surface area (Å²) in [6, 6.07) is 6.70. The summed E-state index contributed by atoms with van der Waals surface area (Å²) in [6.45, 7) is 1.84. The lowest BCUT2D eigenvalue weighted by Gasteiger charge is -2.13. The molecular weight excluding hydrogens is 235 g/mol. The van der Waals surface area contributed by atoms with E-state index in [9.17, 15) is 4.39 Å². The molecule has 17 heavy (non-hydrogen) atoms. The van der Waals surface area contributed by atoms with Gasteiger partial charge in [0.1, 0.15) is 11.9 Å². The van der Waals surface area contributed by atoms with Crippen molar-refractivity contribution >= 4 is 17.4 Å². The number of nitriles is 1. The summed E-state index contributed by atoms with van der Waals surface area (Å²) in [7, 11) is 0. The number of hydrogen-bond acceptors (Lipinski definition) is 3. The lowest BCUT2D eigenvalue weighted by atomic mass is 10.1. The van der Waals surface area contributed by atoms with Crippen LogP contribution >= 0.6 is 11.8 Å². The van der Waals surface area contributed by atoms with Crippen molar-refractivity contribution in [1.82, 2.24) is 0 Å². The fourth-order valence-corrected chi connectivity index (χ4v) is 2.08. The summed E-state index contributed by atoms with van der Waals surface area (Å²) >= 11 is 1.77. The average Bonchev–Trinajstić information content (AvgIpc) is 2.26. The summed E-state index contributed by atoms with van der Waals surface area (Å²) < 4.78 is 13.2. The van der Waals surface area contributed by atoms with Crippen LogP contribution in [-0.4, -0.2) is 18.1 Å². The Morgan fingerprint density at radius 3 is 2.82 bits per heavy atom. The monoisotopic (exact) mass is 252 g/mol. The van der Waals surface area contributed by atoms with Crippen LogP contribution in [0, 0.1) is 24.1 Å². The van der Waals surface area contributed by atoms with Crippen LogP contribution in [0.4, 0.5) is 10.1 Å². The molecule has 4 heteroatoms. The van der Waals surface area contributed by atoms with Gasteiger partial charge in [0.2, 0.25) is 0 Å². The van der Waals surface area contributed by atoms with E-state index < -0.39 is 0 Å². The zero-order valence-corrected chi connectivity index (χ0v) is 11.0. The van der Waals surface area contributed by atoms with E-state index in [1.807, 2.05) is 19.2 Å². The second-order valence-electron chi connectivity index (χ2n) is 3.98. The third-order valence-corrected chi connectivity index (χ3v) is 3.08. The lowest BCUT2D eigenvalue weighted by molar-refractivity contribution is 0.626. The second kappa shape index (κ2) is 7.18. The van der Waals surface area contributed by atoms with Crippen molar-refractivity contribution in [3.8, 4) is 6.07 Å². The molecule has 0 aliphatic heterocycles. The van der Waals surface area contributed by atoms with Crippen LogP contribution in [0.2, 0.25) is 0 Å². The number of anilines is 1. The quantitative estimate of drug-likeness (QED) is 0.786. The minimum absolute atomic E-state index is 0.247. The SMILES string of the molecule is CSCCCC(C#N)Nc1cc(C)cc(F)c1. The molecule has 1 rings (SSSR count). The van der Waals surface area contributed by atoms with Crippen molar-refractivity contribution in [2.24, 2.45) is 0 Å². The van der Waals surface area contributed by atoms with E-state index in [0.717, 1.165) is 24.2 Å². The molecule has 0 aromatic heterocycles. The van der Waals surface area contributed by atoms with Gasteiger partial charge >= 0.3 is 0 Å². The van der Waals surface area contributed by atoms with Crippen LogP contribution in [0.15, 0.2) is 18.2 Å². The zero-order valence-electron chi connectivity index (χ0n) is 10.2. The number of benzene rings is 1. The van der Waals surface area contributed by atoms with Crippen molar-refractivity contribution in [1.29, 1.82) is 5.26 Å². The molecule has 0 radical (unpaired) electrons. The highest BCUT2D eigenvalue weighted by molar-refractivity contribution is 7.98. The Hall–Kier alpha value is -1.21. The first-order valence-electron chi connectivity index (χ1n) is 5.58. The molecule has 1 atom stereocenters. The first-order valence-corrected chi connectivity index (χ1v) is 6.97. The predicted molar refractivity (Wildman–Crippen MR) is 71.8 cm³/mol. The maximum Gasteiger partial charge on any atom is 0.125 e. The molecule has 0 amide bonds. The van der Waals surface area contributed by atoms with E-state index in [-0.39, 0.29) is 11.9 Å². The molecule has 2 nitrogen and oxygen atoms in total. The van der Waals surface area contributed by atoms with Crippen molar-refractivity contribution in [3.63, 3.8) is 0 Å². The summed E-state index contributed by atoms with van der Waals surface area (Å²) in [4.78, 5) is 0. The van der Waals surface area contributed by atoms with Gasteiger partial charge in [-0.3, -0.25) is 0 Å². The number of nitrogens with one attached hydrogen (secondary N) is 1. The Kier molecular flexibility index (Phi) is 5.85. The molecule has 0 spiro atoms. The van der Waals surface area contributed by atoms with E-state index in [2.05, 4.69) is 11.4 Å². The van der Waals surface area contributed by atoms with Crippen LogP contribution in [-0.2, 0) is 0 Å². The number of hydrogen-bond donors (Lipinski definition) is 1. The third-order valence-electron chi connectivity index (χ3n) is 2.38. The van der Waals surface area contributed by atoms with Crippen molar-refractivity contribution in [3.05, 3.63) is 29.6 Å². The number of thioether (sulfide) groups is 1. The molecule has 0 bridgehead atoms. The number of halogens is 1. The van der Waals surface area contributed by atoms with E-state index >= 15 is 0 Å². The van der Waals surface area contributed by atoms with Gasteiger partial charge in [-0.15, -0.1) is 0 Å². The molecule has 0 saturated carbocycles. The zero-order chi connectivity index (χ0) is 12.7. The van der Waals surface area contributed by atoms with Crippen molar-refractivity contribution in [2.75, 3.05) is 17.3 Å². The molecule has 1 unspecified atom stereocenters. The van der Waals surface area contributed by atoms with Crippen molar-refractivity contribution in [2.45, 2.75) is 25.8 Å². The number of nitrogens with zero attached hydrogens (tertiary/aromatic N) is 1. The third kappa shape index (κ3) is 5.10. The van der Waals surface area contributed by atoms with Crippen LogP contribution < -0.4 is 5.32 Å². The normalized spacial score (nSPS) is 11.9. The Morgan fingerprint density at radius 2 is 2.24 bits per heavy atom. The second-order valence-corrected chi connectivity index (χ2v) is 4.96. The fraction of sp³-hybridized carbons (Fsp3) is 0.462. The molecule has 0 heterocycles. The smallest absolute Gasteiger partial charge is 0.125 e. The molecule has 1 N–H and O–H groups in total. The maximum atomic E-state index is 13.2. The Balaban J connectivity index is 2.58. The van der Waals surface area contributed by atoms with Gasteiger partial charge in [0, 0.05) is 5.69 Å². The van der Waals surface area contributed by atoms with E-state index in [1.165, 1.54) is 12.1 Å². The first kappa shape index (κ1) is 13.9. The van der Waals surface area contributed by atoms with Crippen LogP contribution in [0.1, 0.15) is 18.4 Å².